The van der Waals surface area contributed by atoms with Crippen LogP contribution in [0.15, 0.2) is 18.2 Å². The predicted octanol–water partition coefficient (Wildman–Crippen LogP) is 1.94. The van der Waals surface area contributed by atoms with Crippen LogP contribution in [0.5, 0.6) is 0 Å². The number of nitro benzene ring substituents is 1. The number of aldehydes is 1. The first kappa shape index (κ1) is 14.5. The fraction of sp³-hybridized carbons (Fsp3) is 0.500. The van der Waals surface area contributed by atoms with Gasteiger partial charge in [-0.25, -0.2) is 0 Å². The molecule has 1 aliphatic rings. The number of anilines is 1. The van der Waals surface area contributed by atoms with E-state index in [0.717, 1.165) is 31.6 Å². The Hall–Kier alpha value is -1.95. The van der Waals surface area contributed by atoms with E-state index in [0.29, 0.717) is 12.3 Å². The van der Waals surface area contributed by atoms with Crippen molar-refractivity contribution in [3.63, 3.8) is 0 Å². The van der Waals surface area contributed by atoms with Crippen molar-refractivity contribution in [1.29, 1.82) is 0 Å². The van der Waals surface area contributed by atoms with E-state index in [1.807, 2.05) is 7.05 Å². The lowest BCUT2D eigenvalue weighted by molar-refractivity contribution is -0.385. The van der Waals surface area contributed by atoms with E-state index in [1.165, 1.54) is 6.07 Å². The molecule has 6 nitrogen and oxygen atoms in total. The SMILES string of the molecule is CN1CCC(N(C)c2ccc([N+](=O)[O-])c(C=O)c2)CC1. The number of rotatable bonds is 4. The smallest absolute Gasteiger partial charge is 0.280 e. The molecule has 1 fully saturated rings. The third kappa shape index (κ3) is 2.96. The summed E-state index contributed by atoms with van der Waals surface area (Å²) in [6, 6.07) is 5.13. The van der Waals surface area contributed by atoms with Crippen LogP contribution in [-0.4, -0.2) is 49.3 Å². The molecule has 0 bridgehead atoms. The minimum atomic E-state index is -0.525. The Labute approximate surface area is 118 Å². The molecule has 1 saturated heterocycles. The van der Waals surface area contributed by atoms with Crippen LogP contribution in [0, 0.1) is 10.1 Å². The Bertz CT molecular complexity index is 510. The summed E-state index contributed by atoms with van der Waals surface area (Å²) in [7, 11) is 4.08. The van der Waals surface area contributed by atoms with Gasteiger partial charge in [0, 0.05) is 24.8 Å². The van der Waals surface area contributed by atoms with Gasteiger partial charge >= 0.3 is 0 Å². The van der Waals surface area contributed by atoms with Crippen LogP contribution >= 0.6 is 0 Å². The van der Waals surface area contributed by atoms with Crippen LogP contribution in [0.2, 0.25) is 0 Å². The van der Waals surface area contributed by atoms with Gasteiger partial charge in [-0.15, -0.1) is 0 Å². The summed E-state index contributed by atoms with van der Waals surface area (Å²) in [6.45, 7) is 2.09. The van der Waals surface area contributed by atoms with E-state index in [4.69, 9.17) is 0 Å². The zero-order valence-corrected chi connectivity index (χ0v) is 11.8. The molecule has 0 radical (unpaired) electrons. The van der Waals surface area contributed by atoms with Crippen LogP contribution in [-0.2, 0) is 0 Å². The molecule has 0 amide bonds. The molecular weight excluding hydrogens is 258 g/mol. The largest absolute Gasteiger partial charge is 0.371 e. The molecule has 108 valence electrons. The average molecular weight is 277 g/mol. The number of carbonyl (C=O) groups excluding carboxylic acids is 1. The van der Waals surface area contributed by atoms with Crippen molar-refractivity contribution in [3.8, 4) is 0 Å². The van der Waals surface area contributed by atoms with Gasteiger partial charge in [-0.2, -0.15) is 0 Å². The Morgan fingerprint density at radius 2 is 2.05 bits per heavy atom. The lowest BCUT2D eigenvalue weighted by Gasteiger charge is -2.36. The molecule has 1 heterocycles. The summed E-state index contributed by atoms with van der Waals surface area (Å²) in [5.41, 5.74) is 0.847. The van der Waals surface area contributed by atoms with Crippen LogP contribution in [0.1, 0.15) is 23.2 Å². The molecule has 0 spiro atoms. The Kier molecular flexibility index (Phi) is 4.34. The van der Waals surface area contributed by atoms with E-state index in [-0.39, 0.29) is 11.3 Å². The van der Waals surface area contributed by atoms with E-state index in [9.17, 15) is 14.9 Å². The monoisotopic (exact) mass is 277 g/mol. The van der Waals surface area contributed by atoms with Gasteiger partial charge in [-0.05, 0) is 45.1 Å². The quantitative estimate of drug-likeness (QED) is 0.478. The second kappa shape index (κ2) is 6.00. The Morgan fingerprint density at radius 1 is 1.40 bits per heavy atom. The minimum Gasteiger partial charge on any atom is -0.371 e. The zero-order valence-electron chi connectivity index (χ0n) is 11.8. The van der Waals surface area contributed by atoms with Gasteiger partial charge in [-0.3, -0.25) is 14.9 Å². The molecule has 2 rings (SSSR count). The maximum Gasteiger partial charge on any atom is 0.280 e. The highest BCUT2D eigenvalue weighted by Crippen LogP contribution is 2.26. The maximum absolute atomic E-state index is 11.0. The van der Waals surface area contributed by atoms with Crippen molar-refractivity contribution < 1.29 is 9.72 Å². The van der Waals surface area contributed by atoms with Gasteiger partial charge in [-0.1, -0.05) is 0 Å². The Morgan fingerprint density at radius 3 is 2.60 bits per heavy atom. The summed E-state index contributed by atoms with van der Waals surface area (Å²) in [5.74, 6) is 0. The lowest BCUT2D eigenvalue weighted by atomic mass is 10.0. The normalized spacial score (nSPS) is 16.9. The number of hydrogen-bond acceptors (Lipinski definition) is 5. The molecule has 0 aromatic heterocycles. The van der Waals surface area contributed by atoms with Crippen molar-refractivity contribution >= 4 is 17.7 Å². The van der Waals surface area contributed by atoms with Gasteiger partial charge < -0.3 is 9.80 Å². The van der Waals surface area contributed by atoms with Crippen molar-refractivity contribution in [1.82, 2.24) is 4.90 Å². The highest BCUT2D eigenvalue weighted by atomic mass is 16.6. The van der Waals surface area contributed by atoms with Gasteiger partial charge in [0.1, 0.15) is 0 Å². The summed E-state index contributed by atoms with van der Waals surface area (Å²) < 4.78 is 0. The van der Waals surface area contributed by atoms with Crippen LogP contribution in [0.25, 0.3) is 0 Å². The van der Waals surface area contributed by atoms with Gasteiger partial charge in [0.15, 0.2) is 6.29 Å². The molecule has 0 unspecified atom stereocenters. The van der Waals surface area contributed by atoms with E-state index >= 15 is 0 Å². The number of likely N-dealkylation sites (tertiary alicyclic amines) is 1. The van der Waals surface area contributed by atoms with E-state index in [2.05, 4.69) is 16.8 Å². The molecule has 1 aliphatic heterocycles. The minimum absolute atomic E-state index is 0.132. The number of carbonyl (C=O) groups is 1. The highest BCUT2D eigenvalue weighted by Gasteiger charge is 2.22. The standard InChI is InChI=1S/C14H19N3O3/c1-15-7-5-12(6-8-15)16(2)13-3-4-14(17(19)20)11(9-13)10-18/h3-4,9-10,12H,5-8H2,1-2H3. The molecule has 1 aromatic rings. The van der Waals surface area contributed by atoms with E-state index < -0.39 is 4.92 Å². The summed E-state index contributed by atoms with van der Waals surface area (Å²) >= 11 is 0. The number of piperidine rings is 1. The van der Waals surface area contributed by atoms with Gasteiger partial charge in [0.05, 0.1) is 10.5 Å². The van der Waals surface area contributed by atoms with Crippen molar-refractivity contribution in [2.45, 2.75) is 18.9 Å². The van der Waals surface area contributed by atoms with Crippen LogP contribution in [0.3, 0.4) is 0 Å². The van der Waals surface area contributed by atoms with Gasteiger partial charge in [0.25, 0.3) is 5.69 Å². The summed E-state index contributed by atoms with van der Waals surface area (Å²) in [6.07, 6.45) is 2.66. The molecule has 6 heteroatoms. The second-order valence-electron chi connectivity index (χ2n) is 5.26. The molecule has 0 saturated carbocycles. The first-order valence-electron chi connectivity index (χ1n) is 6.68. The molecular formula is C14H19N3O3. The molecule has 0 N–H and O–H groups in total. The summed E-state index contributed by atoms with van der Waals surface area (Å²) in [4.78, 5) is 25.7. The van der Waals surface area contributed by atoms with Crippen LogP contribution in [0.4, 0.5) is 11.4 Å². The first-order valence-corrected chi connectivity index (χ1v) is 6.68. The third-order valence-corrected chi connectivity index (χ3v) is 3.98. The van der Waals surface area contributed by atoms with Crippen molar-refractivity contribution in [2.24, 2.45) is 0 Å². The number of benzene rings is 1. The molecule has 0 aliphatic carbocycles. The lowest BCUT2D eigenvalue weighted by Crippen LogP contribution is -2.42. The maximum atomic E-state index is 11.0. The fourth-order valence-electron chi connectivity index (χ4n) is 2.62. The zero-order chi connectivity index (χ0) is 14.7. The van der Waals surface area contributed by atoms with Crippen molar-refractivity contribution in [3.05, 3.63) is 33.9 Å². The molecule has 1 aromatic carbocycles. The van der Waals surface area contributed by atoms with Gasteiger partial charge in [0.2, 0.25) is 0 Å². The summed E-state index contributed by atoms with van der Waals surface area (Å²) in [5, 5.41) is 10.8. The second-order valence-corrected chi connectivity index (χ2v) is 5.26. The first-order chi connectivity index (χ1) is 9.52. The molecule has 20 heavy (non-hydrogen) atoms. The average Bonchev–Trinajstić information content (AvgIpc) is 2.46. The predicted molar refractivity (Wildman–Crippen MR) is 77.4 cm³/mol. The Balaban J connectivity index is 2.20. The number of nitro groups is 1. The van der Waals surface area contributed by atoms with Crippen LogP contribution < -0.4 is 4.90 Å². The number of hydrogen-bond donors (Lipinski definition) is 0. The molecule has 0 atom stereocenters. The van der Waals surface area contributed by atoms with Crippen molar-refractivity contribution in [2.75, 3.05) is 32.1 Å². The number of nitrogens with zero attached hydrogens (tertiary/aromatic N) is 3. The highest BCUT2D eigenvalue weighted by molar-refractivity contribution is 5.83. The van der Waals surface area contributed by atoms with E-state index in [1.54, 1.807) is 12.1 Å². The third-order valence-electron chi connectivity index (χ3n) is 3.98. The fourth-order valence-corrected chi connectivity index (χ4v) is 2.62. The topological polar surface area (TPSA) is 66.7 Å².